The first-order chi connectivity index (χ1) is 9.24. The van der Waals surface area contributed by atoms with Crippen LogP contribution in [0.5, 0.6) is 5.75 Å². The second-order valence-electron chi connectivity index (χ2n) is 3.68. The molecule has 0 spiro atoms. The van der Waals surface area contributed by atoms with Gasteiger partial charge in [-0.1, -0.05) is 12.1 Å². The van der Waals surface area contributed by atoms with Gasteiger partial charge in [-0.2, -0.15) is 0 Å². The minimum atomic E-state index is -0.462. The van der Waals surface area contributed by atoms with Gasteiger partial charge in [-0.3, -0.25) is 10.2 Å². The minimum absolute atomic E-state index is 0.166. The van der Waals surface area contributed by atoms with Gasteiger partial charge >= 0.3 is 5.91 Å². The first-order valence-electron chi connectivity index (χ1n) is 5.60. The highest BCUT2D eigenvalue weighted by Gasteiger charge is 2.10. The molecule has 1 aromatic heterocycles. The summed E-state index contributed by atoms with van der Waals surface area (Å²) >= 11 is 1.61. The van der Waals surface area contributed by atoms with Gasteiger partial charge in [-0.15, -0.1) is 11.8 Å². The van der Waals surface area contributed by atoms with Crippen molar-refractivity contribution in [1.82, 2.24) is 5.43 Å². The van der Waals surface area contributed by atoms with E-state index in [-0.39, 0.29) is 12.4 Å². The van der Waals surface area contributed by atoms with Gasteiger partial charge < -0.3 is 9.15 Å². The molecule has 1 heterocycles. The lowest BCUT2D eigenvalue weighted by atomic mass is 10.3. The average molecular weight is 278 g/mol. The maximum absolute atomic E-state index is 11.2. The van der Waals surface area contributed by atoms with E-state index in [0.29, 0.717) is 5.76 Å². The number of hydrazine groups is 1. The minimum Gasteiger partial charge on any atom is -0.484 e. The van der Waals surface area contributed by atoms with Crippen molar-refractivity contribution in [3.05, 3.63) is 47.9 Å². The number of nitrogen functional groups attached to an aromatic ring is 1. The molecule has 0 fully saturated rings. The molecule has 0 unspecified atom stereocenters. The quantitative estimate of drug-likeness (QED) is 0.379. The number of carbonyl (C=O) groups is 1. The third-order valence-corrected chi connectivity index (χ3v) is 3.23. The van der Waals surface area contributed by atoms with Crippen LogP contribution in [0.4, 0.5) is 0 Å². The van der Waals surface area contributed by atoms with Crippen LogP contribution in [-0.2, 0) is 6.61 Å². The number of hydrogen-bond donors (Lipinski definition) is 2. The zero-order valence-electron chi connectivity index (χ0n) is 10.4. The number of benzene rings is 1. The maximum atomic E-state index is 11.2. The van der Waals surface area contributed by atoms with Crippen LogP contribution in [0.1, 0.15) is 16.3 Å². The number of nitrogens with one attached hydrogen (secondary N) is 1. The van der Waals surface area contributed by atoms with Gasteiger partial charge in [0.2, 0.25) is 0 Å². The van der Waals surface area contributed by atoms with Crippen LogP contribution < -0.4 is 16.0 Å². The van der Waals surface area contributed by atoms with E-state index in [0.717, 1.165) is 10.6 Å². The number of furan rings is 1. The van der Waals surface area contributed by atoms with E-state index >= 15 is 0 Å². The molecule has 0 saturated heterocycles. The van der Waals surface area contributed by atoms with Crippen LogP contribution in [0, 0.1) is 0 Å². The third kappa shape index (κ3) is 3.30. The van der Waals surface area contributed by atoms with Crippen LogP contribution >= 0.6 is 11.8 Å². The molecule has 0 radical (unpaired) electrons. The molecule has 1 amide bonds. The van der Waals surface area contributed by atoms with Crippen LogP contribution in [0.2, 0.25) is 0 Å². The van der Waals surface area contributed by atoms with E-state index in [9.17, 15) is 4.79 Å². The summed E-state index contributed by atoms with van der Waals surface area (Å²) in [6.45, 7) is 0.259. The number of thioether (sulfide) groups is 1. The highest BCUT2D eigenvalue weighted by molar-refractivity contribution is 7.98. The molecule has 0 atom stereocenters. The second kappa shape index (κ2) is 6.31. The van der Waals surface area contributed by atoms with Crippen molar-refractivity contribution < 1.29 is 13.9 Å². The van der Waals surface area contributed by atoms with Crippen molar-refractivity contribution in [3.63, 3.8) is 0 Å². The number of carbonyl (C=O) groups excluding carboxylic acids is 1. The lowest BCUT2D eigenvalue weighted by molar-refractivity contribution is 0.0922. The Hall–Kier alpha value is -1.92. The van der Waals surface area contributed by atoms with Gasteiger partial charge in [0.15, 0.2) is 5.76 Å². The lowest BCUT2D eigenvalue weighted by Crippen LogP contribution is -2.29. The zero-order valence-corrected chi connectivity index (χ0v) is 11.2. The Balaban J connectivity index is 2.02. The summed E-state index contributed by atoms with van der Waals surface area (Å²) in [6.07, 6.45) is 1.98. The van der Waals surface area contributed by atoms with Crippen LogP contribution in [-0.4, -0.2) is 12.2 Å². The molecule has 2 aromatic rings. The topological polar surface area (TPSA) is 77.5 Å². The van der Waals surface area contributed by atoms with Crippen LogP contribution in [0.25, 0.3) is 0 Å². The van der Waals surface area contributed by atoms with Crippen molar-refractivity contribution in [2.45, 2.75) is 11.5 Å². The number of para-hydroxylation sites is 1. The summed E-state index contributed by atoms with van der Waals surface area (Å²) < 4.78 is 11.0. The Morgan fingerprint density at radius 1 is 1.37 bits per heavy atom. The van der Waals surface area contributed by atoms with E-state index in [1.54, 1.807) is 23.9 Å². The molecule has 19 heavy (non-hydrogen) atoms. The van der Waals surface area contributed by atoms with E-state index in [4.69, 9.17) is 15.0 Å². The predicted octanol–water partition coefficient (Wildman–Crippen LogP) is 2.18. The van der Waals surface area contributed by atoms with Crippen molar-refractivity contribution in [2.75, 3.05) is 6.26 Å². The Labute approximate surface area is 115 Å². The molecule has 3 N–H and O–H groups in total. The number of ether oxygens (including phenoxy) is 1. The SMILES string of the molecule is CSc1ccccc1OCc1ccc(C(=O)NN)o1. The normalized spacial score (nSPS) is 10.2. The molecule has 100 valence electrons. The smallest absolute Gasteiger partial charge is 0.300 e. The van der Waals surface area contributed by atoms with Gasteiger partial charge in [0.1, 0.15) is 18.1 Å². The van der Waals surface area contributed by atoms with Crippen molar-refractivity contribution in [2.24, 2.45) is 5.84 Å². The molecule has 6 heteroatoms. The monoisotopic (exact) mass is 278 g/mol. The fourth-order valence-electron chi connectivity index (χ4n) is 1.54. The zero-order chi connectivity index (χ0) is 13.7. The van der Waals surface area contributed by atoms with Crippen molar-refractivity contribution >= 4 is 17.7 Å². The maximum Gasteiger partial charge on any atom is 0.300 e. The predicted molar refractivity (Wildman–Crippen MR) is 72.9 cm³/mol. The van der Waals surface area contributed by atoms with Gasteiger partial charge in [0.05, 0.1) is 0 Å². The molecule has 1 aromatic carbocycles. The van der Waals surface area contributed by atoms with Crippen molar-refractivity contribution in [1.29, 1.82) is 0 Å². The lowest BCUT2D eigenvalue weighted by Gasteiger charge is -2.08. The number of hydrogen-bond acceptors (Lipinski definition) is 5. The highest BCUT2D eigenvalue weighted by Crippen LogP contribution is 2.27. The summed E-state index contributed by atoms with van der Waals surface area (Å²) in [6, 6.07) is 11.0. The molecule has 0 aliphatic carbocycles. The summed E-state index contributed by atoms with van der Waals surface area (Å²) in [7, 11) is 0. The fraction of sp³-hybridized carbons (Fsp3) is 0.154. The molecule has 0 aliphatic rings. The summed E-state index contributed by atoms with van der Waals surface area (Å²) in [4.78, 5) is 12.3. The summed E-state index contributed by atoms with van der Waals surface area (Å²) in [5.41, 5.74) is 2.01. The molecule has 0 aliphatic heterocycles. The molecular formula is C13H14N2O3S. The number of amides is 1. The molecule has 0 bridgehead atoms. The van der Waals surface area contributed by atoms with Crippen LogP contribution in [0.3, 0.4) is 0 Å². The first kappa shape index (κ1) is 13.5. The van der Waals surface area contributed by atoms with E-state index in [2.05, 4.69) is 0 Å². The molecule has 5 nitrogen and oxygen atoms in total. The third-order valence-electron chi connectivity index (χ3n) is 2.46. The average Bonchev–Trinajstić information content (AvgIpc) is 2.93. The highest BCUT2D eigenvalue weighted by atomic mass is 32.2. The van der Waals surface area contributed by atoms with Gasteiger partial charge in [0, 0.05) is 4.90 Å². The second-order valence-corrected chi connectivity index (χ2v) is 4.53. The Morgan fingerprint density at radius 2 is 2.16 bits per heavy atom. The fourth-order valence-corrected chi connectivity index (χ4v) is 2.08. The Kier molecular flexibility index (Phi) is 4.48. The van der Waals surface area contributed by atoms with E-state index in [1.165, 1.54) is 0 Å². The Bertz CT molecular complexity index is 569. The number of rotatable bonds is 5. The van der Waals surface area contributed by atoms with Gasteiger partial charge in [0.25, 0.3) is 0 Å². The van der Waals surface area contributed by atoms with Crippen LogP contribution in [0.15, 0.2) is 45.7 Å². The Morgan fingerprint density at radius 3 is 2.89 bits per heavy atom. The summed E-state index contributed by atoms with van der Waals surface area (Å²) in [5, 5.41) is 0. The standard InChI is InChI=1S/C13H14N2O3S/c1-19-12-5-3-2-4-10(12)17-8-9-6-7-11(18-9)13(16)15-14/h2-7H,8,14H2,1H3,(H,15,16). The molecule has 2 rings (SSSR count). The molecular weight excluding hydrogens is 264 g/mol. The molecule has 0 saturated carbocycles. The number of nitrogens with two attached hydrogens (primary N) is 1. The van der Waals surface area contributed by atoms with Gasteiger partial charge in [-0.05, 0) is 30.5 Å². The summed E-state index contributed by atoms with van der Waals surface area (Å²) in [5.74, 6) is 6.08. The van der Waals surface area contributed by atoms with Gasteiger partial charge in [-0.25, -0.2) is 5.84 Å². The largest absolute Gasteiger partial charge is 0.484 e. The van der Waals surface area contributed by atoms with Crippen molar-refractivity contribution in [3.8, 4) is 5.75 Å². The van der Waals surface area contributed by atoms with E-state index in [1.807, 2.05) is 35.9 Å². The first-order valence-corrected chi connectivity index (χ1v) is 6.82. The van der Waals surface area contributed by atoms with E-state index < -0.39 is 5.91 Å².